The predicted molar refractivity (Wildman–Crippen MR) is 83.7 cm³/mol. The van der Waals surface area contributed by atoms with E-state index in [2.05, 4.69) is 29.0 Å². The Balaban J connectivity index is 2.24. The summed E-state index contributed by atoms with van der Waals surface area (Å²) < 4.78 is 4.88. The molecule has 2 heterocycles. The van der Waals surface area contributed by atoms with E-state index in [0.29, 0.717) is 17.5 Å². The van der Waals surface area contributed by atoms with Crippen molar-refractivity contribution in [3.05, 3.63) is 23.9 Å². The highest BCUT2D eigenvalue weighted by atomic mass is 16.5. The van der Waals surface area contributed by atoms with Gasteiger partial charge in [-0.05, 0) is 37.4 Å². The second kappa shape index (κ2) is 7.41. The minimum Gasteiger partial charge on any atom is -0.465 e. The van der Waals surface area contributed by atoms with Gasteiger partial charge in [-0.3, -0.25) is 0 Å². The Bertz CT molecular complexity index is 470. The van der Waals surface area contributed by atoms with Crippen LogP contribution in [0.5, 0.6) is 0 Å². The van der Waals surface area contributed by atoms with Crippen LogP contribution in [0.1, 0.15) is 37.0 Å². The smallest absolute Gasteiger partial charge is 0.341 e. The highest BCUT2D eigenvalue weighted by Crippen LogP contribution is 2.21. The maximum Gasteiger partial charge on any atom is 0.341 e. The fraction of sp³-hybridized carbons (Fsp3) is 0.625. The topological polar surface area (TPSA) is 54.5 Å². The average Bonchev–Trinajstić information content (AvgIpc) is 2.98. The summed E-state index contributed by atoms with van der Waals surface area (Å²) in [5, 5.41) is 3.51. The molecule has 1 atom stereocenters. The number of carbonyl (C=O) groups is 1. The second-order valence-corrected chi connectivity index (χ2v) is 5.96. The number of nitrogens with zero attached hydrogens (tertiary/aromatic N) is 2. The van der Waals surface area contributed by atoms with Crippen LogP contribution in [-0.4, -0.2) is 43.7 Å². The zero-order chi connectivity index (χ0) is 15.2. The van der Waals surface area contributed by atoms with Gasteiger partial charge in [-0.15, -0.1) is 0 Å². The third kappa shape index (κ3) is 4.17. The van der Waals surface area contributed by atoms with Gasteiger partial charge in [0.2, 0.25) is 0 Å². The van der Waals surface area contributed by atoms with Gasteiger partial charge in [-0.25, -0.2) is 9.78 Å². The molecule has 1 unspecified atom stereocenters. The first-order valence-electron chi connectivity index (χ1n) is 7.63. The van der Waals surface area contributed by atoms with Crippen LogP contribution >= 0.6 is 0 Å². The normalized spacial score (nSPS) is 18.0. The molecule has 1 aliphatic rings. The van der Waals surface area contributed by atoms with Gasteiger partial charge in [0, 0.05) is 25.3 Å². The minimum atomic E-state index is -0.328. The van der Waals surface area contributed by atoms with E-state index in [-0.39, 0.29) is 5.97 Å². The molecule has 0 bridgehead atoms. The second-order valence-electron chi connectivity index (χ2n) is 5.96. The van der Waals surface area contributed by atoms with Crippen molar-refractivity contribution in [1.82, 2.24) is 10.3 Å². The molecule has 1 saturated heterocycles. The first-order chi connectivity index (χ1) is 10.1. The van der Waals surface area contributed by atoms with E-state index in [4.69, 9.17) is 4.74 Å². The summed E-state index contributed by atoms with van der Waals surface area (Å²) in [4.78, 5) is 18.6. The number of hydrogen-bond acceptors (Lipinski definition) is 5. The van der Waals surface area contributed by atoms with E-state index >= 15 is 0 Å². The molecule has 5 heteroatoms. The van der Waals surface area contributed by atoms with Gasteiger partial charge in [0.05, 0.1) is 7.11 Å². The largest absolute Gasteiger partial charge is 0.465 e. The Labute approximate surface area is 126 Å². The molecule has 0 amide bonds. The number of hydrogen-bond donors (Lipinski definition) is 1. The Morgan fingerprint density at radius 3 is 3.00 bits per heavy atom. The third-order valence-electron chi connectivity index (χ3n) is 3.68. The van der Waals surface area contributed by atoms with E-state index in [1.165, 1.54) is 20.0 Å². The molecular weight excluding hydrogens is 266 g/mol. The van der Waals surface area contributed by atoms with Gasteiger partial charge in [-0.2, -0.15) is 0 Å². The van der Waals surface area contributed by atoms with Crippen LogP contribution < -0.4 is 10.2 Å². The van der Waals surface area contributed by atoms with Gasteiger partial charge >= 0.3 is 5.97 Å². The average molecular weight is 291 g/mol. The SMILES string of the molecule is COC(=O)c1cccnc1N(CC(C)C)CC1CCCN1. The van der Waals surface area contributed by atoms with Crippen LogP contribution in [0, 0.1) is 5.92 Å². The van der Waals surface area contributed by atoms with Crippen molar-refractivity contribution >= 4 is 11.8 Å². The van der Waals surface area contributed by atoms with Crippen molar-refractivity contribution in [2.45, 2.75) is 32.7 Å². The van der Waals surface area contributed by atoms with E-state index in [1.807, 2.05) is 0 Å². The van der Waals surface area contributed by atoms with Gasteiger partial charge < -0.3 is 15.0 Å². The molecule has 0 aliphatic carbocycles. The lowest BCUT2D eigenvalue weighted by molar-refractivity contribution is 0.0601. The van der Waals surface area contributed by atoms with Crippen LogP contribution in [0.4, 0.5) is 5.82 Å². The highest BCUT2D eigenvalue weighted by Gasteiger charge is 2.23. The number of pyridine rings is 1. The summed E-state index contributed by atoms with van der Waals surface area (Å²) in [6, 6.07) is 4.02. The van der Waals surface area contributed by atoms with Crippen molar-refractivity contribution in [3.63, 3.8) is 0 Å². The van der Waals surface area contributed by atoms with Crippen molar-refractivity contribution in [1.29, 1.82) is 0 Å². The van der Waals surface area contributed by atoms with Gasteiger partial charge in [0.15, 0.2) is 0 Å². The van der Waals surface area contributed by atoms with Crippen LogP contribution in [0.3, 0.4) is 0 Å². The lowest BCUT2D eigenvalue weighted by atomic mass is 10.1. The Hall–Kier alpha value is -1.62. The lowest BCUT2D eigenvalue weighted by Gasteiger charge is -2.29. The van der Waals surface area contributed by atoms with Gasteiger partial charge in [0.25, 0.3) is 0 Å². The summed E-state index contributed by atoms with van der Waals surface area (Å²) >= 11 is 0. The molecule has 2 rings (SSSR count). The van der Waals surface area contributed by atoms with E-state index in [0.717, 1.165) is 25.5 Å². The highest BCUT2D eigenvalue weighted by molar-refractivity contribution is 5.94. The monoisotopic (exact) mass is 291 g/mol. The van der Waals surface area contributed by atoms with E-state index < -0.39 is 0 Å². The molecule has 0 spiro atoms. The molecule has 21 heavy (non-hydrogen) atoms. The number of esters is 1. The first kappa shape index (κ1) is 15.8. The third-order valence-corrected chi connectivity index (χ3v) is 3.68. The first-order valence-corrected chi connectivity index (χ1v) is 7.63. The van der Waals surface area contributed by atoms with E-state index in [9.17, 15) is 4.79 Å². The number of aromatic nitrogens is 1. The van der Waals surface area contributed by atoms with Crippen LogP contribution in [0.25, 0.3) is 0 Å². The maximum absolute atomic E-state index is 12.0. The molecule has 1 aromatic heterocycles. The molecule has 1 N–H and O–H groups in total. The number of anilines is 1. The Morgan fingerprint density at radius 2 is 2.38 bits per heavy atom. The molecule has 0 aromatic carbocycles. The van der Waals surface area contributed by atoms with Crippen molar-refractivity contribution in [2.24, 2.45) is 5.92 Å². The van der Waals surface area contributed by atoms with Crippen LogP contribution in [-0.2, 0) is 4.74 Å². The number of nitrogens with one attached hydrogen (secondary N) is 1. The van der Waals surface area contributed by atoms with Crippen LogP contribution in [0.15, 0.2) is 18.3 Å². The summed E-state index contributed by atoms with van der Waals surface area (Å²) in [6.45, 7) is 7.18. The number of ether oxygens (including phenoxy) is 1. The number of methoxy groups -OCH3 is 1. The fourth-order valence-corrected chi connectivity index (χ4v) is 2.79. The zero-order valence-electron chi connectivity index (χ0n) is 13.1. The van der Waals surface area contributed by atoms with Crippen molar-refractivity contribution in [3.8, 4) is 0 Å². The Kier molecular flexibility index (Phi) is 5.56. The van der Waals surface area contributed by atoms with Gasteiger partial charge in [0.1, 0.15) is 11.4 Å². The van der Waals surface area contributed by atoms with Crippen molar-refractivity contribution < 1.29 is 9.53 Å². The zero-order valence-corrected chi connectivity index (χ0v) is 13.1. The lowest BCUT2D eigenvalue weighted by Crippen LogP contribution is -2.40. The van der Waals surface area contributed by atoms with Crippen LogP contribution in [0.2, 0.25) is 0 Å². The molecule has 1 fully saturated rings. The van der Waals surface area contributed by atoms with E-state index in [1.54, 1.807) is 18.3 Å². The quantitative estimate of drug-likeness (QED) is 0.813. The molecular formula is C16H25N3O2. The minimum absolute atomic E-state index is 0.328. The number of carbonyl (C=O) groups excluding carboxylic acids is 1. The number of rotatable bonds is 6. The molecule has 1 aliphatic heterocycles. The summed E-state index contributed by atoms with van der Waals surface area (Å²) in [5.41, 5.74) is 0.540. The predicted octanol–water partition coefficient (Wildman–Crippen LogP) is 2.08. The summed E-state index contributed by atoms with van der Waals surface area (Å²) in [5.74, 6) is 0.900. The molecule has 5 nitrogen and oxygen atoms in total. The molecule has 116 valence electrons. The van der Waals surface area contributed by atoms with Gasteiger partial charge in [-0.1, -0.05) is 13.8 Å². The standard InChI is InChI=1S/C16H25N3O2/c1-12(2)10-19(11-13-6-4-8-17-13)15-14(16(20)21-3)7-5-9-18-15/h5,7,9,12-13,17H,4,6,8,10-11H2,1-3H3. The molecule has 0 saturated carbocycles. The molecule has 1 aromatic rings. The summed E-state index contributed by atoms with van der Waals surface area (Å²) in [6.07, 6.45) is 4.12. The summed E-state index contributed by atoms with van der Waals surface area (Å²) in [7, 11) is 1.41. The molecule has 0 radical (unpaired) electrons. The van der Waals surface area contributed by atoms with Crippen molar-refractivity contribution in [2.75, 3.05) is 31.6 Å². The Morgan fingerprint density at radius 1 is 1.57 bits per heavy atom. The fourth-order valence-electron chi connectivity index (χ4n) is 2.79. The maximum atomic E-state index is 12.0.